The number of ether oxygens (including phenoxy) is 2. The minimum atomic E-state index is -1.14. The van der Waals surface area contributed by atoms with Crippen LogP contribution in [0, 0.1) is 17.1 Å². The molecule has 0 spiro atoms. The Morgan fingerprint density at radius 1 is 1.41 bits per heavy atom. The van der Waals surface area contributed by atoms with Crippen LogP contribution in [0.15, 0.2) is 12.3 Å². The quantitative estimate of drug-likeness (QED) is 0.604. The van der Waals surface area contributed by atoms with Gasteiger partial charge in [0.1, 0.15) is 18.4 Å². The first-order chi connectivity index (χ1) is 10.4. The van der Waals surface area contributed by atoms with Crippen molar-refractivity contribution < 1.29 is 13.9 Å². The second-order valence-electron chi connectivity index (χ2n) is 6.30. The van der Waals surface area contributed by atoms with Gasteiger partial charge in [0.15, 0.2) is 11.6 Å². The van der Waals surface area contributed by atoms with Crippen molar-refractivity contribution in [3.63, 3.8) is 0 Å². The smallest absolute Gasteiger partial charge is 0.183 e. The van der Waals surface area contributed by atoms with Crippen LogP contribution in [-0.4, -0.2) is 31.6 Å². The highest BCUT2D eigenvalue weighted by atomic mass is 28.3. The Kier molecular flexibility index (Phi) is 4.83. The van der Waals surface area contributed by atoms with Crippen LogP contribution in [0.4, 0.5) is 4.39 Å². The minimum absolute atomic E-state index is 0.0351. The van der Waals surface area contributed by atoms with Crippen LogP contribution >= 0.6 is 0 Å². The summed E-state index contributed by atoms with van der Waals surface area (Å²) in [6, 6.07) is 4.47. The third-order valence-corrected chi connectivity index (χ3v) is 5.10. The maximum atomic E-state index is 14.0. The van der Waals surface area contributed by atoms with Gasteiger partial charge in [-0.2, -0.15) is 10.4 Å². The van der Waals surface area contributed by atoms with Crippen molar-refractivity contribution in [2.75, 3.05) is 13.7 Å². The van der Waals surface area contributed by atoms with Gasteiger partial charge in [0.2, 0.25) is 0 Å². The van der Waals surface area contributed by atoms with Gasteiger partial charge in [-0.15, -0.1) is 0 Å². The lowest BCUT2D eigenvalue weighted by Crippen LogP contribution is -2.22. The van der Waals surface area contributed by atoms with Crippen LogP contribution < -0.4 is 4.74 Å². The molecule has 2 rings (SSSR count). The second-order valence-corrected chi connectivity index (χ2v) is 11.9. The van der Waals surface area contributed by atoms with Crippen molar-refractivity contribution in [2.45, 2.75) is 32.4 Å². The molecule has 0 amide bonds. The molecule has 5 nitrogen and oxygen atoms in total. The van der Waals surface area contributed by atoms with Crippen molar-refractivity contribution in [1.29, 1.82) is 5.26 Å². The zero-order valence-electron chi connectivity index (χ0n) is 13.3. The maximum Gasteiger partial charge on any atom is 0.183 e. The molecule has 0 atom stereocenters. The van der Waals surface area contributed by atoms with E-state index in [0.717, 1.165) is 6.04 Å². The lowest BCUT2D eigenvalue weighted by Gasteiger charge is -2.15. The van der Waals surface area contributed by atoms with Gasteiger partial charge in [0.05, 0.1) is 18.8 Å². The molecular weight excluding hydrogens is 301 g/mol. The van der Waals surface area contributed by atoms with Crippen molar-refractivity contribution >= 4 is 19.0 Å². The van der Waals surface area contributed by atoms with Gasteiger partial charge in [-0.05, 0) is 6.04 Å². The number of nitrogens with zero attached hydrogens (tertiary/aromatic N) is 3. The van der Waals surface area contributed by atoms with Crippen LogP contribution in [0.25, 0.3) is 10.9 Å². The van der Waals surface area contributed by atoms with Crippen LogP contribution in [0.5, 0.6) is 5.75 Å². The molecule has 0 bridgehead atoms. The Balaban J connectivity index is 2.24. The molecule has 1 heterocycles. The number of fused-ring (bicyclic) bond motifs is 1. The van der Waals surface area contributed by atoms with Gasteiger partial charge < -0.3 is 9.47 Å². The van der Waals surface area contributed by atoms with Crippen molar-refractivity contribution in [3.8, 4) is 11.8 Å². The summed E-state index contributed by atoms with van der Waals surface area (Å²) in [7, 11) is 0.234. The molecule has 0 aliphatic carbocycles. The molecule has 0 radical (unpaired) electrons. The van der Waals surface area contributed by atoms with Crippen molar-refractivity contribution in [2.24, 2.45) is 0 Å². The molecule has 0 aliphatic rings. The molecule has 7 heteroatoms. The number of aromatic nitrogens is 2. The van der Waals surface area contributed by atoms with Crippen molar-refractivity contribution in [1.82, 2.24) is 9.78 Å². The summed E-state index contributed by atoms with van der Waals surface area (Å²) >= 11 is 0. The third-order valence-electron chi connectivity index (χ3n) is 3.39. The van der Waals surface area contributed by atoms with Crippen LogP contribution in [0.3, 0.4) is 0 Å². The summed E-state index contributed by atoms with van der Waals surface area (Å²) in [6.45, 7) is 7.79. The molecule has 0 saturated carbocycles. The van der Waals surface area contributed by atoms with Gasteiger partial charge >= 0.3 is 0 Å². The van der Waals surface area contributed by atoms with E-state index in [9.17, 15) is 4.39 Å². The lowest BCUT2D eigenvalue weighted by molar-refractivity contribution is 0.0817. The van der Waals surface area contributed by atoms with E-state index in [2.05, 4.69) is 24.7 Å². The Labute approximate surface area is 130 Å². The van der Waals surface area contributed by atoms with Gasteiger partial charge in [-0.25, -0.2) is 9.07 Å². The molecule has 1 aromatic carbocycles. The third kappa shape index (κ3) is 3.46. The van der Waals surface area contributed by atoms with E-state index in [4.69, 9.17) is 14.7 Å². The summed E-state index contributed by atoms with van der Waals surface area (Å²) < 4.78 is 26.3. The molecule has 0 unspecified atom stereocenters. The highest BCUT2D eigenvalue weighted by Crippen LogP contribution is 2.29. The van der Waals surface area contributed by atoms with E-state index >= 15 is 0 Å². The van der Waals surface area contributed by atoms with E-state index < -0.39 is 13.9 Å². The van der Waals surface area contributed by atoms with E-state index in [1.165, 1.54) is 13.3 Å². The van der Waals surface area contributed by atoms with E-state index in [0.29, 0.717) is 17.5 Å². The van der Waals surface area contributed by atoms with E-state index in [1.807, 2.05) is 6.07 Å². The number of benzene rings is 1. The van der Waals surface area contributed by atoms with E-state index in [1.54, 1.807) is 10.7 Å². The van der Waals surface area contributed by atoms with Gasteiger partial charge in [0.25, 0.3) is 0 Å². The molecule has 22 heavy (non-hydrogen) atoms. The number of hydrogen-bond donors (Lipinski definition) is 0. The standard InChI is InChI=1S/C15H20FN3O2Si/c1-20-14-7-13-12(11(8-17)15(14)16)9-18-19(13)10-21-5-6-22(2,3)4/h7,9H,5-6,10H2,1-4H3. The fourth-order valence-electron chi connectivity index (χ4n) is 2.06. The Bertz CT molecular complexity index is 716. The average molecular weight is 321 g/mol. The predicted molar refractivity (Wildman–Crippen MR) is 85.1 cm³/mol. The molecule has 118 valence electrons. The summed E-state index contributed by atoms with van der Waals surface area (Å²) in [6.07, 6.45) is 1.48. The summed E-state index contributed by atoms with van der Waals surface area (Å²) in [5.41, 5.74) is 0.575. The first-order valence-electron chi connectivity index (χ1n) is 7.07. The van der Waals surface area contributed by atoms with E-state index in [-0.39, 0.29) is 18.0 Å². The highest BCUT2D eigenvalue weighted by Gasteiger charge is 2.17. The Morgan fingerprint density at radius 2 is 2.14 bits per heavy atom. The minimum Gasteiger partial charge on any atom is -0.494 e. The van der Waals surface area contributed by atoms with Crippen LogP contribution in [0.2, 0.25) is 25.7 Å². The first kappa shape index (κ1) is 16.5. The Morgan fingerprint density at radius 3 is 2.73 bits per heavy atom. The second kappa shape index (κ2) is 6.46. The largest absolute Gasteiger partial charge is 0.494 e. The molecule has 0 fully saturated rings. The number of rotatable bonds is 6. The summed E-state index contributed by atoms with van der Waals surface area (Å²) in [5, 5.41) is 13.8. The molecule has 0 saturated heterocycles. The van der Waals surface area contributed by atoms with Gasteiger partial charge in [0, 0.05) is 26.1 Å². The monoisotopic (exact) mass is 321 g/mol. The lowest BCUT2D eigenvalue weighted by atomic mass is 10.1. The fraction of sp³-hybridized carbons (Fsp3) is 0.467. The topological polar surface area (TPSA) is 60.1 Å². The number of methoxy groups -OCH3 is 1. The molecular formula is C15H20FN3O2Si. The average Bonchev–Trinajstić information content (AvgIpc) is 2.84. The first-order valence-corrected chi connectivity index (χ1v) is 10.8. The van der Waals surface area contributed by atoms with Gasteiger partial charge in [-0.3, -0.25) is 0 Å². The van der Waals surface area contributed by atoms with Crippen LogP contribution in [0.1, 0.15) is 5.56 Å². The number of hydrogen-bond acceptors (Lipinski definition) is 4. The molecule has 0 aliphatic heterocycles. The molecule has 0 N–H and O–H groups in total. The van der Waals surface area contributed by atoms with Gasteiger partial charge in [-0.1, -0.05) is 19.6 Å². The highest BCUT2D eigenvalue weighted by molar-refractivity contribution is 6.76. The SMILES string of the molecule is COc1cc2c(cnn2COCC[Si](C)(C)C)c(C#N)c1F. The summed E-state index contributed by atoms with van der Waals surface area (Å²) in [4.78, 5) is 0. The fourth-order valence-corrected chi connectivity index (χ4v) is 2.82. The van der Waals surface area contributed by atoms with Crippen LogP contribution in [-0.2, 0) is 11.5 Å². The number of halogens is 1. The molecule has 2 aromatic rings. The van der Waals surface area contributed by atoms with Crippen molar-refractivity contribution in [3.05, 3.63) is 23.6 Å². The Hall–Kier alpha value is -1.91. The zero-order valence-corrected chi connectivity index (χ0v) is 14.3. The summed E-state index contributed by atoms with van der Waals surface area (Å²) in [5.74, 6) is -0.621. The predicted octanol–water partition coefficient (Wildman–Crippen LogP) is 3.37. The zero-order chi connectivity index (χ0) is 16.3. The molecule has 1 aromatic heterocycles. The number of nitriles is 1. The normalized spacial score (nSPS) is 11.6. The maximum absolute atomic E-state index is 14.0.